The van der Waals surface area contributed by atoms with Gasteiger partial charge in [0.1, 0.15) is 0 Å². The Labute approximate surface area is 94.8 Å². The molecule has 0 aliphatic carbocycles. The Morgan fingerprint density at radius 1 is 1.60 bits per heavy atom. The number of aliphatic hydroxyl groups is 1. The summed E-state index contributed by atoms with van der Waals surface area (Å²) in [5.41, 5.74) is 0.692. The Morgan fingerprint density at radius 3 is 2.60 bits per heavy atom. The molecule has 4 nitrogen and oxygen atoms in total. The van der Waals surface area contributed by atoms with Crippen LogP contribution in [0.2, 0.25) is 5.02 Å². The van der Waals surface area contributed by atoms with Gasteiger partial charge in [-0.2, -0.15) is 5.10 Å². The van der Waals surface area contributed by atoms with E-state index in [2.05, 4.69) is 5.10 Å². The first-order valence-corrected chi connectivity index (χ1v) is 5.14. The number of aryl methyl sites for hydroxylation is 2. The van der Waals surface area contributed by atoms with Crippen LogP contribution in [0.15, 0.2) is 0 Å². The van der Waals surface area contributed by atoms with Gasteiger partial charge in [-0.3, -0.25) is 4.68 Å². The molecular weight excluding hydrogens is 216 g/mol. The van der Waals surface area contributed by atoms with Crippen LogP contribution in [-0.2, 0) is 18.2 Å². The average Bonchev–Trinajstić information content (AvgIpc) is 2.32. The van der Waals surface area contributed by atoms with Crippen LogP contribution < -0.4 is 0 Å². The lowest BCUT2D eigenvalue weighted by Gasteiger charge is -2.22. The van der Waals surface area contributed by atoms with Gasteiger partial charge in [-0.1, -0.05) is 11.6 Å². The third kappa shape index (κ3) is 2.93. The maximum Gasteiger partial charge on any atom is 0.0907 e. The maximum atomic E-state index is 10.0. The molecule has 5 heteroatoms. The molecule has 0 aliphatic heterocycles. The van der Waals surface area contributed by atoms with Crippen molar-refractivity contribution < 1.29 is 9.84 Å². The molecule has 1 aromatic rings. The predicted molar refractivity (Wildman–Crippen MR) is 59.2 cm³/mol. The molecule has 0 saturated heterocycles. The molecule has 15 heavy (non-hydrogen) atoms. The van der Waals surface area contributed by atoms with Gasteiger partial charge in [0, 0.05) is 20.6 Å². The second kappa shape index (κ2) is 4.51. The van der Waals surface area contributed by atoms with Gasteiger partial charge in [-0.15, -0.1) is 0 Å². The van der Waals surface area contributed by atoms with E-state index in [1.165, 1.54) is 0 Å². The fraction of sp³-hybridized carbons (Fsp3) is 0.700. The zero-order chi connectivity index (χ0) is 11.6. The van der Waals surface area contributed by atoms with Crippen molar-refractivity contribution in [1.29, 1.82) is 0 Å². The molecule has 0 spiro atoms. The third-order valence-corrected chi connectivity index (χ3v) is 2.76. The van der Waals surface area contributed by atoms with Gasteiger partial charge in [0.2, 0.25) is 0 Å². The summed E-state index contributed by atoms with van der Waals surface area (Å²) >= 11 is 6.09. The molecule has 0 bridgehead atoms. The Bertz CT molecular complexity index is 347. The normalized spacial score (nSPS) is 15.3. The second-order valence-corrected chi connectivity index (χ2v) is 4.45. The quantitative estimate of drug-likeness (QED) is 0.852. The Kier molecular flexibility index (Phi) is 3.76. The minimum Gasteiger partial charge on any atom is -0.387 e. The van der Waals surface area contributed by atoms with Crippen LogP contribution in [0.5, 0.6) is 0 Å². The van der Waals surface area contributed by atoms with E-state index in [0.29, 0.717) is 11.4 Å². The summed E-state index contributed by atoms with van der Waals surface area (Å²) < 4.78 is 6.64. The van der Waals surface area contributed by atoms with Crippen molar-refractivity contribution in [2.24, 2.45) is 7.05 Å². The summed E-state index contributed by atoms with van der Waals surface area (Å²) in [6.07, 6.45) is 0.428. The van der Waals surface area contributed by atoms with E-state index in [0.717, 1.165) is 11.4 Å². The summed E-state index contributed by atoms with van der Waals surface area (Å²) in [4.78, 5) is 0. The van der Waals surface area contributed by atoms with Crippen molar-refractivity contribution in [2.45, 2.75) is 25.9 Å². The number of hydrogen-bond acceptors (Lipinski definition) is 3. The highest BCUT2D eigenvalue weighted by Gasteiger charge is 2.25. The molecule has 0 saturated carbocycles. The van der Waals surface area contributed by atoms with Crippen molar-refractivity contribution in [3.05, 3.63) is 16.4 Å². The van der Waals surface area contributed by atoms with E-state index in [4.69, 9.17) is 16.3 Å². The van der Waals surface area contributed by atoms with Gasteiger partial charge in [0.05, 0.1) is 28.6 Å². The van der Waals surface area contributed by atoms with E-state index in [9.17, 15) is 5.11 Å². The molecule has 86 valence electrons. The number of halogens is 1. The molecule has 0 aliphatic rings. The number of ether oxygens (including phenoxy) is 1. The van der Waals surface area contributed by atoms with Gasteiger partial charge in [0.25, 0.3) is 0 Å². The molecule has 0 amide bonds. The van der Waals surface area contributed by atoms with E-state index in [-0.39, 0.29) is 6.61 Å². The average molecular weight is 233 g/mol. The smallest absolute Gasteiger partial charge is 0.0907 e. The highest BCUT2D eigenvalue weighted by atomic mass is 35.5. The number of hydrogen-bond donors (Lipinski definition) is 1. The minimum atomic E-state index is -0.918. The van der Waals surface area contributed by atoms with Crippen LogP contribution in [0.4, 0.5) is 0 Å². The first-order valence-electron chi connectivity index (χ1n) is 4.76. The SMILES string of the molecule is COCC(C)(O)Cc1c(Cl)c(C)nn1C. The van der Waals surface area contributed by atoms with E-state index < -0.39 is 5.60 Å². The van der Waals surface area contributed by atoms with E-state index in [1.807, 2.05) is 14.0 Å². The largest absolute Gasteiger partial charge is 0.387 e. The fourth-order valence-electron chi connectivity index (χ4n) is 1.59. The van der Waals surface area contributed by atoms with Crippen LogP contribution in [0.3, 0.4) is 0 Å². The summed E-state index contributed by atoms with van der Waals surface area (Å²) in [6.45, 7) is 3.83. The van der Waals surface area contributed by atoms with Gasteiger partial charge in [-0.25, -0.2) is 0 Å². The number of aromatic nitrogens is 2. The van der Waals surface area contributed by atoms with Crippen LogP contribution in [-0.4, -0.2) is 34.2 Å². The van der Waals surface area contributed by atoms with Gasteiger partial charge < -0.3 is 9.84 Å². The molecule has 0 radical (unpaired) electrons. The van der Waals surface area contributed by atoms with Crippen molar-refractivity contribution in [2.75, 3.05) is 13.7 Å². The lowest BCUT2D eigenvalue weighted by atomic mass is 10.0. The number of nitrogens with zero attached hydrogens (tertiary/aromatic N) is 2. The second-order valence-electron chi connectivity index (χ2n) is 4.08. The first-order chi connectivity index (χ1) is 6.87. The summed E-state index contributed by atoms with van der Waals surface area (Å²) in [5, 5.41) is 14.8. The monoisotopic (exact) mass is 232 g/mol. The number of methoxy groups -OCH3 is 1. The van der Waals surface area contributed by atoms with Gasteiger partial charge in [-0.05, 0) is 13.8 Å². The Hall–Kier alpha value is -0.580. The number of rotatable bonds is 4. The molecule has 1 rings (SSSR count). The highest BCUT2D eigenvalue weighted by Crippen LogP contribution is 2.23. The van der Waals surface area contributed by atoms with Crippen molar-refractivity contribution in [1.82, 2.24) is 9.78 Å². The Balaban J connectivity index is 2.89. The molecule has 0 aromatic carbocycles. The van der Waals surface area contributed by atoms with Crippen LogP contribution in [0.1, 0.15) is 18.3 Å². The van der Waals surface area contributed by atoms with Crippen LogP contribution in [0.25, 0.3) is 0 Å². The molecule has 1 N–H and O–H groups in total. The summed E-state index contributed by atoms with van der Waals surface area (Å²) in [7, 11) is 3.38. The molecule has 0 fully saturated rings. The first kappa shape index (κ1) is 12.5. The molecule has 1 heterocycles. The van der Waals surface area contributed by atoms with E-state index in [1.54, 1.807) is 18.7 Å². The standard InChI is InChI=1S/C10H17ClN2O2/c1-7-9(11)8(13(3)12-7)5-10(2,14)6-15-4/h14H,5-6H2,1-4H3. The fourth-order valence-corrected chi connectivity index (χ4v) is 1.82. The summed E-state index contributed by atoms with van der Waals surface area (Å²) in [5.74, 6) is 0. The minimum absolute atomic E-state index is 0.271. The van der Waals surface area contributed by atoms with Crippen molar-refractivity contribution in [3.8, 4) is 0 Å². The highest BCUT2D eigenvalue weighted by molar-refractivity contribution is 6.31. The molecule has 1 aromatic heterocycles. The van der Waals surface area contributed by atoms with Crippen molar-refractivity contribution in [3.63, 3.8) is 0 Å². The molecule has 1 unspecified atom stereocenters. The van der Waals surface area contributed by atoms with Gasteiger partial charge in [0.15, 0.2) is 0 Å². The summed E-state index contributed by atoms with van der Waals surface area (Å²) in [6, 6.07) is 0. The topological polar surface area (TPSA) is 47.3 Å². The lowest BCUT2D eigenvalue weighted by molar-refractivity contribution is -0.0172. The molecule has 1 atom stereocenters. The van der Waals surface area contributed by atoms with Crippen LogP contribution in [0, 0.1) is 6.92 Å². The van der Waals surface area contributed by atoms with Gasteiger partial charge >= 0.3 is 0 Å². The zero-order valence-electron chi connectivity index (χ0n) is 9.54. The van der Waals surface area contributed by atoms with Crippen LogP contribution >= 0.6 is 11.6 Å². The van der Waals surface area contributed by atoms with E-state index >= 15 is 0 Å². The molecular formula is C10H17ClN2O2. The third-order valence-electron chi connectivity index (χ3n) is 2.27. The maximum absolute atomic E-state index is 10.0. The van der Waals surface area contributed by atoms with Crippen molar-refractivity contribution >= 4 is 11.6 Å². The lowest BCUT2D eigenvalue weighted by Crippen LogP contribution is -2.33. The predicted octanol–water partition coefficient (Wildman–Crippen LogP) is 1.32. The Morgan fingerprint density at radius 2 is 2.20 bits per heavy atom. The zero-order valence-corrected chi connectivity index (χ0v) is 10.3.